The Labute approximate surface area is 264 Å². The lowest BCUT2D eigenvalue weighted by Crippen LogP contribution is -2.70. The van der Waals surface area contributed by atoms with Gasteiger partial charge in [-0.3, -0.25) is 0 Å². The maximum atomic E-state index is 7.42. The Bertz CT molecular complexity index is 1250. The fourth-order valence-corrected chi connectivity index (χ4v) is 11.9. The lowest BCUT2D eigenvalue weighted by Gasteiger charge is -2.58. The highest BCUT2D eigenvalue weighted by molar-refractivity contribution is 7.73. The van der Waals surface area contributed by atoms with Crippen molar-refractivity contribution in [3.05, 3.63) is 121 Å². The quantitative estimate of drug-likeness (QED) is 0.202. The minimum absolute atomic E-state index is 0.145. The highest BCUT2D eigenvalue weighted by Gasteiger charge is 2.63. The summed E-state index contributed by atoms with van der Waals surface area (Å²) < 4.78 is 28.2. The van der Waals surface area contributed by atoms with Crippen LogP contribution in [0, 0.1) is 0 Å². The van der Waals surface area contributed by atoms with Gasteiger partial charge in [-0.25, -0.2) is 0 Å². The Morgan fingerprint density at radius 1 is 0.455 bits per heavy atom. The van der Waals surface area contributed by atoms with Crippen LogP contribution in [0.15, 0.2) is 121 Å². The first-order valence-electron chi connectivity index (χ1n) is 16.1. The molecule has 0 radical (unpaired) electrons. The molecule has 0 amide bonds. The van der Waals surface area contributed by atoms with E-state index in [4.69, 9.17) is 18.9 Å². The topological polar surface area (TPSA) is 36.9 Å². The molecule has 3 aliphatic heterocycles. The van der Waals surface area contributed by atoms with E-state index in [0.29, 0.717) is 13.2 Å². The number of fused-ring (bicyclic) bond motifs is 1. The summed E-state index contributed by atoms with van der Waals surface area (Å²) in [7, 11) is -1.39. The van der Waals surface area contributed by atoms with Gasteiger partial charge in [-0.15, -0.1) is 0 Å². The van der Waals surface area contributed by atoms with Crippen LogP contribution in [0.25, 0.3) is 0 Å². The largest absolute Gasteiger partial charge is 0.345 e. The molecule has 3 heterocycles. The molecule has 228 valence electrons. The van der Waals surface area contributed by atoms with Crippen molar-refractivity contribution in [2.45, 2.75) is 62.3 Å². The number of hydrogen-bond donors (Lipinski definition) is 0. The van der Waals surface area contributed by atoms with E-state index < -0.39 is 27.4 Å². The highest BCUT2D eigenvalue weighted by atomic mass is 31.1. The maximum Gasteiger partial charge on any atom is 0.224 e. The third-order valence-electron chi connectivity index (χ3n) is 9.15. The monoisotopic (exact) mass is 624 g/mol. The molecule has 6 heteroatoms. The van der Waals surface area contributed by atoms with Gasteiger partial charge in [0.1, 0.15) is 0 Å². The molecule has 0 bridgehead atoms. The van der Waals surface area contributed by atoms with E-state index in [1.54, 1.807) is 0 Å². The van der Waals surface area contributed by atoms with Crippen LogP contribution in [0.3, 0.4) is 0 Å². The molecule has 7 rings (SSSR count). The van der Waals surface area contributed by atoms with E-state index in [1.807, 2.05) is 0 Å². The summed E-state index contributed by atoms with van der Waals surface area (Å²) in [5.41, 5.74) is 0. The van der Waals surface area contributed by atoms with Crippen LogP contribution in [0.1, 0.15) is 38.5 Å². The number of benzene rings is 4. The summed E-state index contributed by atoms with van der Waals surface area (Å²) in [4.78, 5) is 0. The predicted molar refractivity (Wildman–Crippen MR) is 183 cm³/mol. The number of rotatable bonds is 8. The normalized spacial score (nSPS) is 27.2. The zero-order valence-electron chi connectivity index (χ0n) is 25.3. The van der Waals surface area contributed by atoms with Crippen molar-refractivity contribution in [1.29, 1.82) is 0 Å². The molecule has 2 unspecified atom stereocenters. The molecule has 4 aromatic rings. The van der Waals surface area contributed by atoms with E-state index in [1.165, 1.54) is 21.2 Å². The zero-order chi connectivity index (χ0) is 29.7. The SMILES string of the molecule is c1ccc(P(CC2OC3(CCCCO3)[C@]3(CCCCO3)O[C@H]2CP(c2ccccc2)c2ccccc2)c2ccccc2)cc1. The van der Waals surface area contributed by atoms with Crippen molar-refractivity contribution >= 4 is 37.1 Å². The van der Waals surface area contributed by atoms with Gasteiger partial charge in [-0.05, 0) is 62.7 Å². The highest BCUT2D eigenvalue weighted by Crippen LogP contribution is 2.52. The second-order valence-electron chi connectivity index (χ2n) is 12.0. The van der Waals surface area contributed by atoms with Gasteiger partial charge in [0.15, 0.2) is 0 Å². The maximum absolute atomic E-state index is 7.42. The van der Waals surface area contributed by atoms with Gasteiger partial charge in [-0.1, -0.05) is 121 Å². The van der Waals surface area contributed by atoms with Crippen molar-refractivity contribution < 1.29 is 18.9 Å². The van der Waals surface area contributed by atoms with Crippen molar-refractivity contribution in [2.75, 3.05) is 25.5 Å². The van der Waals surface area contributed by atoms with Crippen LogP contribution in [0.4, 0.5) is 0 Å². The standard InChI is InChI=1S/C38H42O4P2/c1-5-17-31(18-6-1)43(32-19-7-2-8-20-32)29-35-36(30-44(33-21-9-3-10-22-33)34-23-11-4-12-24-34)42-38(26-14-16-28-40-38)37(41-35)25-13-15-27-39-37/h1-12,17-24,35-36H,13-16,25-30H2/t35-,36?,37-,38?/m0/s1. The number of hydrogen-bond acceptors (Lipinski definition) is 4. The van der Waals surface area contributed by atoms with Gasteiger partial charge in [0.05, 0.1) is 25.4 Å². The summed E-state index contributed by atoms with van der Waals surface area (Å²) in [6, 6.07) is 43.9. The molecule has 3 fully saturated rings. The first-order chi connectivity index (χ1) is 21.8. The lowest BCUT2D eigenvalue weighted by atomic mass is 9.88. The second-order valence-corrected chi connectivity index (χ2v) is 16.5. The van der Waals surface area contributed by atoms with Crippen LogP contribution in [0.2, 0.25) is 0 Å². The van der Waals surface area contributed by atoms with Gasteiger partial charge >= 0.3 is 0 Å². The van der Waals surface area contributed by atoms with Crippen LogP contribution in [-0.2, 0) is 18.9 Å². The smallest absolute Gasteiger partial charge is 0.224 e. The van der Waals surface area contributed by atoms with Crippen molar-refractivity contribution in [1.82, 2.24) is 0 Å². The summed E-state index contributed by atoms with van der Waals surface area (Å²) in [6.07, 6.45) is 7.24. The van der Waals surface area contributed by atoms with Gasteiger partial charge in [-0.2, -0.15) is 0 Å². The predicted octanol–water partition coefficient (Wildman–Crippen LogP) is 6.83. The van der Waals surface area contributed by atoms with Crippen molar-refractivity contribution in [3.63, 3.8) is 0 Å². The molecule has 2 spiro atoms. The minimum Gasteiger partial charge on any atom is -0.345 e. The molecule has 4 nitrogen and oxygen atoms in total. The number of ether oxygens (including phenoxy) is 4. The van der Waals surface area contributed by atoms with E-state index in [2.05, 4.69) is 121 Å². The van der Waals surface area contributed by atoms with E-state index in [0.717, 1.165) is 50.8 Å². The summed E-state index contributed by atoms with van der Waals surface area (Å²) >= 11 is 0. The Morgan fingerprint density at radius 3 is 1.05 bits per heavy atom. The molecule has 4 aromatic carbocycles. The van der Waals surface area contributed by atoms with Crippen molar-refractivity contribution in [3.8, 4) is 0 Å². The fourth-order valence-electron chi connectivity index (χ4n) is 6.97. The lowest BCUT2D eigenvalue weighted by molar-refractivity contribution is -0.476. The Kier molecular flexibility index (Phi) is 9.57. The van der Waals surface area contributed by atoms with Gasteiger partial charge < -0.3 is 18.9 Å². The van der Waals surface area contributed by atoms with Crippen LogP contribution in [-0.4, -0.2) is 49.3 Å². The molecule has 44 heavy (non-hydrogen) atoms. The Morgan fingerprint density at radius 2 is 0.773 bits per heavy atom. The van der Waals surface area contributed by atoms with Gasteiger partial charge in [0, 0.05) is 25.2 Å². The summed E-state index contributed by atoms with van der Waals surface area (Å²) in [5, 5.41) is 5.43. The molecular weight excluding hydrogens is 582 g/mol. The second kappa shape index (κ2) is 13.9. The molecule has 0 aliphatic carbocycles. The van der Waals surface area contributed by atoms with Crippen LogP contribution in [0.5, 0.6) is 0 Å². The molecule has 0 saturated carbocycles. The molecule has 0 aromatic heterocycles. The average molecular weight is 625 g/mol. The fraction of sp³-hybridized carbons (Fsp3) is 0.368. The van der Waals surface area contributed by atoms with Gasteiger partial charge in [0.2, 0.25) is 11.6 Å². The third kappa shape index (κ3) is 6.32. The van der Waals surface area contributed by atoms with Gasteiger partial charge in [0.25, 0.3) is 0 Å². The summed E-state index contributed by atoms with van der Waals surface area (Å²) in [6.45, 7) is 1.36. The molecular formula is C38H42O4P2. The summed E-state index contributed by atoms with van der Waals surface area (Å²) in [5.74, 6) is -1.74. The Balaban J connectivity index is 1.30. The van der Waals surface area contributed by atoms with E-state index in [-0.39, 0.29) is 12.2 Å². The molecule has 4 atom stereocenters. The molecule has 0 N–H and O–H groups in total. The van der Waals surface area contributed by atoms with E-state index >= 15 is 0 Å². The average Bonchev–Trinajstić information content (AvgIpc) is 3.10. The van der Waals surface area contributed by atoms with Crippen LogP contribution < -0.4 is 21.2 Å². The zero-order valence-corrected chi connectivity index (χ0v) is 27.1. The first-order valence-corrected chi connectivity index (χ1v) is 19.2. The van der Waals surface area contributed by atoms with Crippen LogP contribution >= 0.6 is 15.8 Å². The Hall–Kier alpha value is -2.42. The molecule has 3 saturated heterocycles. The third-order valence-corrected chi connectivity index (χ3v) is 14.3. The molecule has 3 aliphatic rings. The van der Waals surface area contributed by atoms with E-state index in [9.17, 15) is 0 Å². The minimum atomic E-state index is -0.872. The van der Waals surface area contributed by atoms with Crippen molar-refractivity contribution in [2.24, 2.45) is 0 Å². The first kappa shape index (κ1) is 30.2.